The normalized spacial score (nSPS) is 12.4. The van der Waals surface area contributed by atoms with Crippen molar-refractivity contribution in [1.29, 1.82) is 0 Å². The summed E-state index contributed by atoms with van der Waals surface area (Å²) in [5.74, 6) is -1.42. The van der Waals surface area contributed by atoms with Gasteiger partial charge in [-0.25, -0.2) is 8.78 Å². The number of aliphatic hydroxyl groups excluding tert-OH is 1. The van der Waals surface area contributed by atoms with Crippen molar-refractivity contribution in [2.75, 3.05) is 32.1 Å². The molecule has 0 saturated heterocycles. The van der Waals surface area contributed by atoms with E-state index in [0.717, 1.165) is 12.1 Å². The number of ether oxygens (including phenoxy) is 1. The Kier molecular flexibility index (Phi) is 4.65. The van der Waals surface area contributed by atoms with Gasteiger partial charge in [0.05, 0.1) is 18.9 Å². The fourth-order valence-electron chi connectivity index (χ4n) is 1.46. The van der Waals surface area contributed by atoms with E-state index in [-0.39, 0.29) is 24.5 Å². The van der Waals surface area contributed by atoms with Crippen LogP contribution in [0.4, 0.5) is 14.5 Å². The van der Waals surface area contributed by atoms with Crippen LogP contribution in [0.2, 0.25) is 0 Å². The highest BCUT2D eigenvalue weighted by atomic mass is 19.1. The lowest BCUT2D eigenvalue weighted by Gasteiger charge is -2.22. The zero-order chi connectivity index (χ0) is 13.0. The maximum absolute atomic E-state index is 13.6. The number of methoxy groups -OCH3 is 1. The molecule has 1 atom stereocenters. The van der Waals surface area contributed by atoms with E-state index in [1.807, 2.05) is 0 Å². The van der Waals surface area contributed by atoms with Crippen molar-refractivity contribution in [3.05, 3.63) is 23.8 Å². The molecule has 0 heterocycles. The molecule has 17 heavy (non-hydrogen) atoms. The molecule has 0 amide bonds. The van der Waals surface area contributed by atoms with E-state index in [0.29, 0.717) is 0 Å². The van der Waals surface area contributed by atoms with Gasteiger partial charge in [0.1, 0.15) is 5.82 Å². The van der Waals surface area contributed by atoms with Gasteiger partial charge in [0.25, 0.3) is 0 Å². The maximum atomic E-state index is 13.6. The van der Waals surface area contributed by atoms with E-state index < -0.39 is 17.7 Å². The summed E-state index contributed by atoms with van der Waals surface area (Å²) in [4.78, 5) is 1.40. The van der Waals surface area contributed by atoms with E-state index in [2.05, 4.69) is 4.74 Å². The molecular weight excluding hydrogens is 230 g/mol. The van der Waals surface area contributed by atoms with Crippen molar-refractivity contribution in [2.45, 2.75) is 6.10 Å². The van der Waals surface area contributed by atoms with Crippen LogP contribution in [-0.2, 0) is 0 Å². The smallest absolute Gasteiger partial charge is 0.167 e. The van der Waals surface area contributed by atoms with E-state index >= 15 is 0 Å². The van der Waals surface area contributed by atoms with Gasteiger partial charge < -0.3 is 20.5 Å². The molecule has 0 fully saturated rings. The number of halogens is 2. The molecule has 3 N–H and O–H groups in total. The first-order valence-corrected chi connectivity index (χ1v) is 5.12. The van der Waals surface area contributed by atoms with Crippen LogP contribution < -0.4 is 15.4 Å². The summed E-state index contributed by atoms with van der Waals surface area (Å²) in [5, 5.41) is 9.34. The van der Waals surface area contributed by atoms with Crippen molar-refractivity contribution in [2.24, 2.45) is 5.73 Å². The second-order valence-electron chi connectivity index (χ2n) is 3.71. The highest BCUT2D eigenvalue weighted by molar-refractivity contribution is 5.50. The van der Waals surface area contributed by atoms with Crippen LogP contribution >= 0.6 is 0 Å². The van der Waals surface area contributed by atoms with Crippen molar-refractivity contribution < 1.29 is 18.6 Å². The molecule has 0 saturated carbocycles. The number of hydrogen-bond acceptors (Lipinski definition) is 4. The minimum Gasteiger partial charge on any atom is -0.494 e. The zero-order valence-corrected chi connectivity index (χ0v) is 9.78. The molecular formula is C11H16F2N2O2. The van der Waals surface area contributed by atoms with Gasteiger partial charge in [-0.05, 0) is 0 Å². The largest absolute Gasteiger partial charge is 0.494 e. The van der Waals surface area contributed by atoms with Crippen molar-refractivity contribution in [3.8, 4) is 5.75 Å². The Morgan fingerprint density at radius 3 is 2.59 bits per heavy atom. The van der Waals surface area contributed by atoms with Gasteiger partial charge in [0, 0.05) is 32.3 Å². The Morgan fingerprint density at radius 2 is 2.06 bits per heavy atom. The number of nitrogens with two attached hydrogens (primary N) is 1. The third-order valence-electron chi connectivity index (χ3n) is 2.39. The molecule has 4 nitrogen and oxygen atoms in total. The molecule has 6 heteroatoms. The van der Waals surface area contributed by atoms with Crippen LogP contribution in [0.3, 0.4) is 0 Å². The number of hydrogen-bond donors (Lipinski definition) is 2. The summed E-state index contributed by atoms with van der Waals surface area (Å²) in [6.45, 7) is 0.184. The van der Waals surface area contributed by atoms with Gasteiger partial charge in [-0.1, -0.05) is 0 Å². The van der Waals surface area contributed by atoms with Crippen molar-refractivity contribution >= 4 is 5.69 Å². The van der Waals surface area contributed by atoms with Gasteiger partial charge in [0.15, 0.2) is 11.6 Å². The fraction of sp³-hybridized carbons (Fsp3) is 0.455. The molecule has 1 aromatic carbocycles. The number of nitrogens with zero attached hydrogens (tertiary/aromatic N) is 1. The lowest BCUT2D eigenvalue weighted by Crippen LogP contribution is -2.34. The van der Waals surface area contributed by atoms with Crippen LogP contribution in [-0.4, -0.2) is 38.5 Å². The number of anilines is 1. The molecule has 1 rings (SSSR count). The summed E-state index contributed by atoms with van der Waals surface area (Å²) in [6.07, 6.45) is -0.787. The average Bonchev–Trinajstić information content (AvgIpc) is 2.31. The number of rotatable bonds is 5. The Morgan fingerprint density at radius 1 is 1.41 bits per heavy atom. The molecule has 0 aromatic heterocycles. The van der Waals surface area contributed by atoms with Crippen LogP contribution in [0.5, 0.6) is 5.75 Å². The van der Waals surface area contributed by atoms with Gasteiger partial charge in [-0.3, -0.25) is 0 Å². The predicted octanol–water partition coefficient (Wildman–Crippen LogP) is 0.729. The summed E-state index contributed by atoms with van der Waals surface area (Å²) < 4.78 is 31.7. The third kappa shape index (κ3) is 3.28. The summed E-state index contributed by atoms with van der Waals surface area (Å²) in [6, 6.07) is 1.99. The van der Waals surface area contributed by atoms with Crippen molar-refractivity contribution in [3.63, 3.8) is 0 Å². The summed E-state index contributed by atoms with van der Waals surface area (Å²) >= 11 is 0. The molecule has 0 spiro atoms. The molecule has 0 radical (unpaired) electrons. The predicted molar refractivity (Wildman–Crippen MR) is 61.2 cm³/mol. The fourth-order valence-corrected chi connectivity index (χ4v) is 1.46. The highest BCUT2D eigenvalue weighted by Crippen LogP contribution is 2.26. The van der Waals surface area contributed by atoms with Gasteiger partial charge >= 0.3 is 0 Å². The van der Waals surface area contributed by atoms with E-state index in [4.69, 9.17) is 5.73 Å². The Bertz CT molecular complexity index is 388. The molecule has 0 aliphatic rings. The molecule has 1 unspecified atom stereocenters. The minimum absolute atomic E-state index is 0.0517. The standard InChI is InChI=1S/C11H16F2N2O2/c1-15(6-7(16)5-14)10-3-9(13)11(17-2)4-8(10)12/h3-4,7,16H,5-6,14H2,1-2H3. The number of benzene rings is 1. The van der Waals surface area contributed by atoms with E-state index in [9.17, 15) is 13.9 Å². The Balaban J connectivity index is 2.94. The lowest BCUT2D eigenvalue weighted by atomic mass is 10.2. The van der Waals surface area contributed by atoms with Crippen molar-refractivity contribution in [1.82, 2.24) is 0 Å². The average molecular weight is 246 g/mol. The van der Waals surface area contributed by atoms with Crippen LogP contribution in [0.1, 0.15) is 0 Å². The first kappa shape index (κ1) is 13.7. The van der Waals surface area contributed by atoms with E-state index in [1.165, 1.54) is 12.0 Å². The van der Waals surface area contributed by atoms with Crippen LogP contribution in [0, 0.1) is 11.6 Å². The van der Waals surface area contributed by atoms with Gasteiger partial charge in [-0.15, -0.1) is 0 Å². The van der Waals surface area contributed by atoms with E-state index in [1.54, 1.807) is 7.05 Å². The Labute approximate surface area is 98.6 Å². The molecule has 0 bridgehead atoms. The quantitative estimate of drug-likeness (QED) is 0.804. The molecule has 0 aliphatic carbocycles. The molecule has 1 aromatic rings. The number of likely N-dealkylation sites (N-methyl/N-ethyl adjacent to an activating group) is 1. The topological polar surface area (TPSA) is 58.7 Å². The summed E-state index contributed by atoms with van der Waals surface area (Å²) in [7, 11) is 2.81. The second-order valence-corrected chi connectivity index (χ2v) is 3.71. The monoisotopic (exact) mass is 246 g/mol. The van der Waals surface area contributed by atoms with Gasteiger partial charge in [-0.2, -0.15) is 0 Å². The highest BCUT2D eigenvalue weighted by Gasteiger charge is 2.15. The molecule has 0 aliphatic heterocycles. The van der Waals surface area contributed by atoms with Crippen LogP contribution in [0.15, 0.2) is 12.1 Å². The van der Waals surface area contributed by atoms with Crippen LogP contribution in [0.25, 0.3) is 0 Å². The summed E-state index contributed by atoms with van der Waals surface area (Å²) in [5.41, 5.74) is 5.30. The molecule has 96 valence electrons. The number of aliphatic hydroxyl groups is 1. The SMILES string of the molecule is COc1cc(F)c(N(C)CC(O)CN)cc1F. The minimum atomic E-state index is -0.787. The third-order valence-corrected chi connectivity index (χ3v) is 2.39. The maximum Gasteiger partial charge on any atom is 0.167 e. The Hall–Kier alpha value is -1.40. The first-order valence-electron chi connectivity index (χ1n) is 5.12. The second kappa shape index (κ2) is 5.79. The van der Waals surface area contributed by atoms with Gasteiger partial charge in [0.2, 0.25) is 0 Å². The zero-order valence-electron chi connectivity index (χ0n) is 9.78. The first-order chi connectivity index (χ1) is 7.99. The lowest BCUT2D eigenvalue weighted by molar-refractivity contribution is 0.189.